The summed E-state index contributed by atoms with van der Waals surface area (Å²) in [4.78, 5) is 10.6. The van der Waals surface area contributed by atoms with Gasteiger partial charge in [0.05, 0.1) is 12.2 Å². The summed E-state index contributed by atoms with van der Waals surface area (Å²) in [6.07, 6.45) is 3.45. The molecule has 0 aromatic carbocycles. The maximum Gasteiger partial charge on any atom is 0.356 e. The van der Waals surface area contributed by atoms with E-state index < -0.39 is 5.97 Å². The van der Waals surface area contributed by atoms with Crippen LogP contribution in [0.1, 0.15) is 16.2 Å². The lowest BCUT2D eigenvalue weighted by Crippen LogP contribution is -2.04. The highest BCUT2D eigenvalue weighted by atomic mass is 16.4. The van der Waals surface area contributed by atoms with Crippen molar-refractivity contribution in [1.82, 2.24) is 19.6 Å². The summed E-state index contributed by atoms with van der Waals surface area (Å²) in [5.41, 5.74) is 0.892. The van der Waals surface area contributed by atoms with Gasteiger partial charge in [-0.2, -0.15) is 10.2 Å². The Hall–Kier alpha value is -2.11. The minimum atomic E-state index is -1.02. The summed E-state index contributed by atoms with van der Waals surface area (Å²) in [6, 6.07) is 3.33. The fourth-order valence-corrected chi connectivity index (χ4v) is 1.28. The van der Waals surface area contributed by atoms with Crippen molar-refractivity contribution in [2.75, 3.05) is 0 Å². The van der Waals surface area contributed by atoms with Gasteiger partial charge in [-0.1, -0.05) is 0 Å². The van der Waals surface area contributed by atoms with Crippen molar-refractivity contribution in [2.45, 2.75) is 6.54 Å². The number of aryl methyl sites for hydroxylation is 1. The first-order valence-corrected chi connectivity index (χ1v) is 4.40. The van der Waals surface area contributed by atoms with Crippen LogP contribution < -0.4 is 0 Å². The predicted molar refractivity (Wildman–Crippen MR) is 51.5 cm³/mol. The minimum Gasteiger partial charge on any atom is -0.476 e. The van der Waals surface area contributed by atoms with Crippen molar-refractivity contribution in [3.8, 4) is 0 Å². The molecular weight excluding hydrogens is 196 g/mol. The Labute approximate surface area is 85.8 Å². The monoisotopic (exact) mass is 206 g/mol. The summed E-state index contributed by atoms with van der Waals surface area (Å²) in [5.74, 6) is -1.02. The Morgan fingerprint density at radius 2 is 2.20 bits per heavy atom. The Kier molecular flexibility index (Phi) is 2.24. The van der Waals surface area contributed by atoms with Gasteiger partial charge in [0.15, 0.2) is 5.69 Å². The summed E-state index contributed by atoms with van der Waals surface area (Å²) in [5, 5.41) is 16.7. The second kappa shape index (κ2) is 3.56. The third-order valence-corrected chi connectivity index (χ3v) is 1.95. The molecule has 0 bridgehead atoms. The number of aromatic nitrogens is 4. The molecule has 0 radical (unpaired) electrons. The highest BCUT2D eigenvalue weighted by Gasteiger charge is 2.07. The van der Waals surface area contributed by atoms with Crippen molar-refractivity contribution in [3.63, 3.8) is 0 Å². The first kappa shape index (κ1) is 9.45. The van der Waals surface area contributed by atoms with Gasteiger partial charge in [0.25, 0.3) is 0 Å². The summed E-state index contributed by atoms with van der Waals surface area (Å²) < 4.78 is 3.24. The van der Waals surface area contributed by atoms with E-state index in [0.29, 0.717) is 6.54 Å². The number of hydrogen-bond donors (Lipinski definition) is 1. The molecule has 0 saturated carbocycles. The van der Waals surface area contributed by atoms with Crippen LogP contribution >= 0.6 is 0 Å². The Morgan fingerprint density at radius 1 is 1.40 bits per heavy atom. The summed E-state index contributed by atoms with van der Waals surface area (Å²) in [7, 11) is 1.83. The lowest BCUT2D eigenvalue weighted by atomic mass is 10.4. The van der Waals surface area contributed by atoms with Crippen molar-refractivity contribution in [3.05, 3.63) is 35.9 Å². The molecule has 0 unspecified atom stereocenters. The van der Waals surface area contributed by atoms with Gasteiger partial charge in [0, 0.05) is 19.4 Å². The Morgan fingerprint density at radius 3 is 2.73 bits per heavy atom. The van der Waals surface area contributed by atoms with Crippen LogP contribution in [0.5, 0.6) is 0 Å². The molecule has 0 fully saturated rings. The molecular formula is C9H10N4O2. The van der Waals surface area contributed by atoms with E-state index in [0.717, 1.165) is 5.69 Å². The molecule has 6 heteroatoms. The van der Waals surface area contributed by atoms with Crippen LogP contribution in [-0.2, 0) is 13.6 Å². The van der Waals surface area contributed by atoms with E-state index in [9.17, 15) is 4.79 Å². The smallest absolute Gasteiger partial charge is 0.356 e. The van der Waals surface area contributed by atoms with Crippen LogP contribution in [0, 0.1) is 0 Å². The SMILES string of the molecule is Cn1ccc(Cn2ccc(C(=O)O)n2)n1. The zero-order chi connectivity index (χ0) is 10.8. The van der Waals surface area contributed by atoms with Crippen molar-refractivity contribution in [2.24, 2.45) is 7.05 Å². The molecule has 0 spiro atoms. The van der Waals surface area contributed by atoms with E-state index in [1.54, 1.807) is 15.6 Å². The largest absolute Gasteiger partial charge is 0.476 e. The fourth-order valence-electron chi connectivity index (χ4n) is 1.28. The molecule has 0 aliphatic carbocycles. The summed E-state index contributed by atoms with van der Waals surface area (Å²) >= 11 is 0. The minimum absolute atomic E-state index is 0.0472. The first-order valence-electron chi connectivity index (χ1n) is 4.40. The highest BCUT2D eigenvalue weighted by Crippen LogP contribution is 2.00. The molecule has 0 amide bonds. The lowest BCUT2D eigenvalue weighted by Gasteiger charge is -1.96. The maximum absolute atomic E-state index is 10.6. The molecule has 2 rings (SSSR count). The zero-order valence-electron chi connectivity index (χ0n) is 8.16. The third kappa shape index (κ3) is 2.04. The quantitative estimate of drug-likeness (QED) is 0.787. The lowest BCUT2D eigenvalue weighted by molar-refractivity contribution is 0.0689. The molecule has 0 aliphatic rings. The van der Waals surface area contributed by atoms with E-state index in [4.69, 9.17) is 5.11 Å². The number of carbonyl (C=O) groups is 1. The standard InChI is InChI=1S/C9H10N4O2/c1-12-4-2-7(10-12)6-13-5-3-8(11-13)9(14)15/h2-5H,6H2,1H3,(H,14,15). The maximum atomic E-state index is 10.6. The number of hydrogen-bond acceptors (Lipinski definition) is 3. The first-order chi connectivity index (χ1) is 7.15. The highest BCUT2D eigenvalue weighted by molar-refractivity contribution is 5.85. The topological polar surface area (TPSA) is 72.9 Å². The number of rotatable bonds is 3. The van der Waals surface area contributed by atoms with E-state index in [2.05, 4.69) is 10.2 Å². The number of carboxylic acids is 1. The molecule has 0 aliphatic heterocycles. The molecule has 0 atom stereocenters. The van der Waals surface area contributed by atoms with Gasteiger partial charge in [0.1, 0.15) is 0 Å². The number of carboxylic acid groups (broad SMARTS) is 1. The fraction of sp³-hybridized carbons (Fsp3) is 0.222. The second-order valence-corrected chi connectivity index (χ2v) is 3.18. The molecule has 6 nitrogen and oxygen atoms in total. The molecule has 2 heterocycles. The van der Waals surface area contributed by atoms with Gasteiger partial charge < -0.3 is 5.11 Å². The van der Waals surface area contributed by atoms with Gasteiger partial charge in [-0.25, -0.2) is 4.79 Å². The van der Waals surface area contributed by atoms with E-state index in [-0.39, 0.29) is 5.69 Å². The van der Waals surface area contributed by atoms with Gasteiger partial charge in [-0.15, -0.1) is 0 Å². The normalized spacial score (nSPS) is 10.5. The van der Waals surface area contributed by atoms with Crippen LogP contribution in [0.15, 0.2) is 24.5 Å². The van der Waals surface area contributed by atoms with Crippen LogP contribution in [0.3, 0.4) is 0 Å². The van der Waals surface area contributed by atoms with Crippen molar-refractivity contribution < 1.29 is 9.90 Å². The molecule has 78 valence electrons. The van der Waals surface area contributed by atoms with E-state index in [1.807, 2.05) is 19.3 Å². The number of nitrogens with zero attached hydrogens (tertiary/aromatic N) is 4. The van der Waals surface area contributed by atoms with Gasteiger partial charge in [-0.3, -0.25) is 9.36 Å². The van der Waals surface area contributed by atoms with Gasteiger partial charge in [0.2, 0.25) is 0 Å². The van der Waals surface area contributed by atoms with Crippen LogP contribution in [0.4, 0.5) is 0 Å². The van der Waals surface area contributed by atoms with Gasteiger partial charge >= 0.3 is 5.97 Å². The average Bonchev–Trinajstić information content (AvgIpc) is 2.76. The average molecular weight is 206 g/mol. The van der Waals surface area contributed by atoms with Crippen LogP contribution in [-0.4, -0.2) is 30.6 Å². The van der Waals surface area contributed by atoms with E-state index >= 15 is 0 Å². The second-order valence-electron chi connectivity index (χ2n) is 3.18. The van der Waals surface area contributed by atoms with E-state index in [1.165, 1.54) is 6.07 Å². The van der Waals surface area contributed by atoms with Crippen molar-refractivity contribution in [1.29, 1.82) is 0 Å². The van der Waals surface area contributed by atoms with Crippen LogP contribution in [0.25, 0.3) is 0 Å². The summed E-state index contributed by atoms with van der Waals surface area (Å²) in [6.45, 7) is 0.480. The third-order valence-electron chi connectivity index (χ3n) is 1.95. The number of aromatic carboxylic acids is 1. The Bertz CT molecular complexity index is 486. The molecule has 2 aromatic heterocycles. The molecule has 15 heavy (non-hydrogen) atoms. The zero-order valence-corrected chi connectivity index (χ0v) is 8.16. The molecule has 2 aromatic rings. The van der Waals surface area contributed by atoms with Gasteiger partial charge in [-0.05, 0) is 12.1 Å². The van der Waals surface area contributed by atoms with Crippen molar-refractivity contribution >= 4 is 5.97 Å². The predicted octanol–water partition coefficient (Wildman–Crippen LogP) is 0.363. The van der Waals surface area contributed by atoms with Crippen LogP contribution in [0.2, 0.25) is 0 Å². The molecule has 1 N–H and O–H groups in total. The molecule has 0 saturated heterocycles. The Balaban J connectivity index is 2.14.